The zero-order valence-electron chi connectivity index (χ0n) is 23.1. The van der Waals surface area contributed by atoms with Gasteiger partial charge in [0, 0.05) is 12.8 Å². The van der Waals surface area contributed by atoms with Crippen LogP contribution < -0.4 is 0 Å². The van der Waals surface area contributed by atoms with Crippen LogP contribution in [-0.4, -0.2) is 58.3 Å². The van der Waals surface area contributed by atoms with Crippen molar-refractivity contribution >= 4 is 5.97 Å². The van der Waals surface area contributed by atoms with E-state index in [1.54, 1.807) is 0 Å². The van der Waals surface area contributed by atoms with E-state index in [2.05, 4.69) is 33.4 Å². The highest BCUT2D eigenvalue weighted by atomic mass is 16.8. The molecule has 7 nitrogen and oxygen atoms in total. The molecule has 0 unspecified atom stereocenters. The van der Waals surface area contributed by atoms with Gasteiger partial charge in [0.15, 0.2) is 5.79 Å². The Kier molecular flexibility index (Phi) is 6.60. The molecule has 5 saturated heterocycles. The van der Waals surface area contributed by atoms with Crippen LogP contribution in [0.1, 0.15) is 86.0 Å². The summed E-state index contributed by atoms with van der Waals surface area (Å²) < 4.78 is 24.1. The maximum absolute atomic E-state index is 11.9. The zero-order valence-corrected chi connectivity index (χ0v) is 23.1. The second-order valence-electron chi connectivity index (χ2n) is 13.1. The van der Waals surface area contributed by atoms with Crippen molar-refractivity contribution in [2.45, 2.75) is 115 Å². The molecule has 1 aliphatic carbocycles. The van der Waals surface area contributed by atoms with Crippen LogP contribution in [-0.2, 0) is 23.7 Å². The second-order valence-corrected chi connectivity index (χ2v) is 13.1. The topological polar surface area (TPSA) is 94.5 Å². The standard InChI is InChI=1S/C30H44O7/c1-19-7-9-21(26(2,3)23(19)12-11-22-24(31)18-34-25(22)32)10-8-20-13-14-30(35-17-20)28(6)15-16-29(33,37-30)27(4,5)36-28/h8,11,21,23-24,31,33H,1,7,9-10,12-18H2,2-6H3/b20-8-,22-11+/t21-,23-,24-,28-,29-,30-/m0/s1. The highest BCUT2D eigenvalue weighted by molar-refractivity contribution is 5.91. The van der Waals surface area contributed by atoms with E-state index in [0.29, 0.717) is 43.8 Å². The van der Waals surface area contributed by atoms with Gasteiger partial charge in [0.1, 0.15) is 23.9 Å². The number of cyclic esters (lactones) is 1. The first-order valence-electron chi connectivity index (χ1n) is 13.9. The third kappa shape index (κ3) is 4.35. The Hall–Kier alpha value is -1.51. The number of ether oxygens (including phenoxy) is 4. The van der Waals surface area contributed by atoms with Gasteiger partial charge in [-0.1, -0.05) is 38.2 Å². The first-order valence-corrected chi connectivity index (χ1v) is 13.9. The van der Waals surface area contributed by atoms with Crippen molar-refractivity contribution < 1.29 is 34.0 Å². The Morgan fingerprint density at radius 3 is 2.41 bits per heavy atom. The first kappa shape index (κ1) is 27.1. The molecule has 1 saturated carbocycles. The van der Waals surface area contributed by atoms with Crippen LogP contribution in [0.15, 0.2) is 35.5 Å². The van der Waals surface area contributed by atoms with E-state index in [-0.39, 0.29) is 17.9 Å². The molecule has 6 atom stereocenters. The molecule has 0 radical (unpaired) electrons. The summed E-state index contributed by atoms with van der Waals surface area (Å²) in [5.74, 6) is -1.96. The molecule has 0 aromatic heterocycles. The molecule has 7 heteroatoms. The average molecular weight is 517 g/mol. The lowest BCUT2D eigenvalue weighted by atomic mass is 9.58. The largest absolute Gasteiger partial charge is 0.459 e. The van der Waals surface area contributed by atoms with Crippen LogP contribution in [0.25, 0.3) is 0 Å². The van der Waals surface area contributed by atoms with Gasteiger partial charge in [-0.25, -0.2) is 4.79 Å². The first-order chi connectivity index (χ1) is 17.2. The quantitative estimate of drug-likeness (QED) is 0.317. The molecule has 5 heterocycles. The number of aliphatic hydroxyl groups excluding tert-OH is 1. The maximum atomic E-state index is 11.9. The fourth-order valence-corrected chi connectivity index (χ4v) is 7.41. The normalized spacial score (nSPS) is 45.1. The highest BCUT2D eigenvalue weighted by Gasteiger charge is 2.70. The number of carbonyl (C=O) groups is 1. The molecular weight excluding hydrogens is 472 g/mol. The molecule has 6 rings (SSSR count). The lowest BCUT2D eigenvalue weighted by molar-refractivity contribution is -0.518. The number of carbonyl (C=O) groups excluding carboxylic acids is 1. The number of hydrogen-bond acceptors (Lipinski definition) is 7. The molecule has 5 aliphatic heterocycles. The van der Waals surface area contributed by atoms with Crippen molar-refractivity contribution in [3.05, 3.63) is 35.5 Å². The van der Waals surface area contributed by atoms with Crippen molar-refractivity contribution in [1.82, 2.24) is 0 Å². The SMILES string of the molecule is C=C1CC[C@@H](C/C=C2/CC[C@]3(OC2)O[C@@]2(O)CC[C@]3(C)OC2(C)C)C(C)(C)[C@H]1C/C=C1/C(=O)OC[C@@H]1O. The van der Waals surface area contributed by atoms with Gasteiger partial charge < -0.3 is 29.2 Å². The van der Waals surface area contributed by atoms with Crippen LogP contribution >= 0.6 is 0 Å². The van der Waals surface area contributed by atoms with Gasteiger partial charge in [-0.3, -0.25) is 0 Å². The third-order valence-corrected chi connectivity index (χ3v) is 10.3. The fourth-order valence-electron chi connectivity index (χ4n) is 7.41. The Morgan fingerprint density at radius 2 is 1.78 bits per heavy atom. The second kappa shape index (κ2) is 9.02. The van der Waals surface area contributed by atoms with Crippen LogP contribution in [0.4, 0.5) is 0 Å². The van der Waals surface area contributed by atoms with E-state index < -0.39 is 34.8 Å². The number of aliphatic hydroxyl groups is 2. The molecule has 0 aromatic carbocycles. The van der Waals surface area contributed by atoms with Crippen molar-refractivity contribution in [2.24, 2.45) is 17.3 Å². The fraction of sp³-hybridized carbons (Fsp3) is 0.767. The third-order valence-electron chi connectivity index (χ3n) is 10.3. The molecule has 0 aromatic rings. The Bertz CT molecular complexity index is 1010. The zero-order chi connectivity index (χ0) is 26.9. The van der Waals surface area contributed by atoms with E-state index >= 15 is 0 Å². The minimum atomic E-state index is -1.34. The van der Waals surface area contributed by atoms with Gasteiger partial charge in [0.25, 0.3) is 0 Å². The average Bonchev–Trinajstić information content (AvgIpc) is 3.13. The van der Waals surface area contributed by atoms with Crippen LogP contribution in [0, 0.1) is 17.3 Å². The summed E-state index contributed by atoms with van der Waals surface area (Å²) in [5, 5.41) is 21.2. The Balaban J connectivity index is 1.24. The van der Waals surface area contributed by atoms with Gasteiger partial charge >= 0.3 is 5.97 Å². The van der Waals surface area contributed by atoms with Crippen molar-refractivity contribution in [2.75, 3.05) is 13.2 Å². The molecule has 6 fully saturated rings. The number of fused-ring (bicyclic) bond motifs is 2. The minimum absolute atomic E-state index is 0.00450. The van der Waals surface area contributed by atoms with Crippen LogP contribution in [0.5, 0.6) is 0 Å². The molecule has 2 bridgehead atoms. The summed E-state index contributed by atoms with van der Waals surface area (Å²) >= 11 is 0. The Morgan fingerprint density at radius 1 is 1.03 bits per heavy atom. The number of allylic oxidation sites excluding steroid dienone is 3. The number of esters is 1. The number of hydrogen-bond donors (Lipinski definition) is 2. The molecular formula is C30H44O7. The van der Waals surface area contributed by atoms with Crippen LogP contribution in [0.3, 0.4) is 0 Å². The van der Waals surface area contributed by atoms with Gasteiger partial charge in [-0.15, -0.1) is 0 Å². The molecule has 206 valence electrons. The van der Waals surface area contributed by atoms with E-state index in [9.17, 15) is 15.0 Å². The predicted octanol–water partition coefficient (Wildman–Crippen LogP) is 4.72. The summed E-state index contributed by atoms with van der Waals surface area (Å²) in [5.41, 5.74) is 1.50. The highest BCUT2D eigenvalue weighted by Crippen LogP contribution is 2.59. The smallest absolute Gasteiger partial charge is 0.336 e. The summed E-state index contributed by atoms with van der Waals surface area (Å²) in [6, 6.07) is 0. The minimum Gasteiger partial charge on any atom is -0.459 e. The van der Waals surface area contributed by atoms with Crippen molar-refractivity contribution in [3.63, 3.8) is 0 Å². The summed E-state index contributed by atoms with van der Waals surface area (Å²) in [6.07, 6.45) is 9.82. The van der Waals surface area contributed by atoms with Gasteiger partial charge in [0.05, 0.1) is 12.2 Å². The molecule has 0 amide bonds. The van der Waals surface area contributed by atoms with E-state index in [1.165, 1.54) is 11.1 Å². The molecule has 6 aliphatic rings. The van der Waals surface area contributed by atoms with Gasteiger partial charge in [-0.05, 0) is 82.1 Å². The summed E-state index contributed by atoms with van der Waals surface area (Å²) in [6.45, 7) is 15.3. The van der Waals surface area contributed by atoms with Crippen molar-refractivity contribution in [1.29, 1.82) is 0 Å². The number of rotatable bonds is 4. The van der Waals surface area contributed by atoms with E-state index in [0.717, 1.165) is 25.7 Å². The lowest BCUT2D eigenvalue weighted by Gasteiger charge is -2.66. The molecule has 2 N–H and O–H groups in total. The maximum Gasteiger partial charge on any atom is 0.336 e. The van der Waals surface area contributed by atoms with Gasteiger partial charge in [-0.2, -0.15) is 0 Å². The van der Waals surface area contributed by atoms with Crippen molar-refractivity contribution in [3.8, 4) is 0 Å². The van der Waals surface area contributed by atoms with Gasteiger partial charge in [0.2, 0.25) is 5.79 Å². The summed E-state index contributed by atoms with van der Waals surface area (Å²) in [7, 11) is 0. The van der Waals surface area contributed by atoms with Crippen LogP contribution in [0.2, 0.25) is 0 Å². The molecule has 37 heavy (non-hydrogen) atoms. The van der Waals surface area contributed by atoms with E-state index in [4.69, 9.17) is 18.9 Å². The molecule has 1 spiro atoms. The Labute approximate surface area is 220 Å². The lowest BCUT2D eigenvalue weighted by Crippen LogP contribution is -2.78. The van der Waals surface area contributed by atoms with E-state index in [1.807, 2.05) is 19.9 Å². The predicted molar refractivity (Wildman–Crippen MR) is 138 cm³/mol. The monoisotopic (exact) mass is 516 g/mol. The summed E-state index contributed by atoms with van der Waals surface area (Å²) in [4.78, 5) is 11.9.